The van der Waals surface area contributed by atoms with Crippen LogP contribution in [0.3, 0.4) is 0 Å². The van der Waals surface area contributed by atoms with Crippen molar-refractivity contribution in [1.29, 1.82) is 0 Å². The van der Waals surface area contributed by atoms with Gasteiger partial charge in [-0.1, -0.05) is 372 Å². The summed E-state index contributed by atoms with van der Waals surface area (Å²) in [7, 11) is 0. The van der Waals surface area contributed by atoms with Gasteiger partial charge in [-0.05, 0) is 199 Å². The second-order valence-corrected chi connectivity index (χ2v) is 32.9. The van der Waals surface area contributed by atoms with Crippen molar-refractivity contribution in [3.05, 3.63) is 430 Å². The molecule has 23 aromatic rings. The second-order valence-electron chi connectivity index (χ2n) is 32.9. The number of benzene rings is 19. The second kappa shape index (κ2) is 27.5. The number of nitrogens with zero attached hydrogens (tertiary/aromatic N) is 4. The fourth-order valence-corrected chi connectivity index (χ4v) is 19.5. The Morgan fingerprint density at radius 2 is 0.480 bits per heavy atom. The van der Waals surface area contributed by atoms with Crippen molar-refractivity contribution in [2.24, 2.45) is 0 Å². The highest BCUT2D eigenvalue weighted by Gasteiger charge is 2.43. The number of hydrogen-bond donors (Lipinski definition) is 0. The van der Waals surface area contributed by atoms with Crippen LogP contribution in [0.1, 0.15) is 51.0 Å². The van der Waals surface area contributed by atoms with Crippen LogP contribution in [-0.2, 0) is 5.41 Å². The standard InChI is InChI=1S/C118H79BN4/c1-118(2,3)84-72-109-113-110(73-84)123-115-86(79-42-20-9-21-43-79)53-31-55-96(115)92-49-25-23-45-88(92)90-47-27-29-51-94(90)112-108(121-105-64-58-82(76-36-14-6-15-37-76)70-99(105)100-71-83(59-65-106(100)121)77-38-16-7-17-39-77)67-61-102(117(112)123)119(113)101-60-66-107(120-103-62-56-80(74-32-10-4-11-33-74)68-97(103)98-69-81(57-63-104(98)120)75-34-12-5-13-35-75)111-93-50-28-26-46-89(93)87-44-22-24-48-91(87)95-54-30-52-85(78-40-18-8-19-41-78)114(95)122(109)116(101)111/h4-73H,1-3H3/i56D,57D,58D,59D,60D,61D,62D,63D,64D,65D,66D,67D,68D,69D,70D,71D,72D,73D. The minimum absolute atomic E-state index is 0.0105. The van der Waals surface area contributed by atoms with Crippen molar-refractivity contribution in [3.8, 4) is 89.5 Å². The Labute approximate surface area is 738 Å². The lowest BCUT2D eigenvalue weighted by Gasteiger charge is -2.38. The van der Waals surface area contributed by atoms with Crippen LogP contribution < -0.4 is 16.4 Å². The summed E-state index contributed by atoms with van der Waals surface area (Å²) in [5.74, 6) is 0. The molecule has 0 saturated heterocycles. The summed E-state index contributed by atoms with van der Waals surface area (Å²) < 4.78 is 209. The lowest BCUT2D eigenvalue weighted by Crippen LogP contribution is -2.60. The molecule has 2 aliphatic heterocycles. The van der Waals surface area contributed by atoms with Crippen molar-refractivity contribution in [1.82, 2.24) is 18.3 Å². The molecule has 4 nitrogen and oxygen atoms in total. The Balaban J connectivity index is 1.02. The number of hydrogen-bond acceptors (Lipinski definition) is 0. The van der Waals surface area contributed by atoms with Crippen LogP contribution in [0.5, 0.6) is 0 Å². The predicted molar refractivity (Wildman–Crippen MR) is 525 cm³/mol. The summed E-state index contributed by atoms with van der Waals surface area (Å²) in [5.41, 5.74) is 3.98. The van der Waals surface area contributed by atoms with E-state index in [9.17, 15) is 24.7 Å². The van der Waals surface area contributed by atoms with Crippen molar-refractivity contribution in [2.75, 3.05) is 0 Å². The fraction of sp³-hybridized carbons (Fsp3) is 0.0339. The third-order valence-electron chi connectivity index (χ3n) is 25.0. The van der Waals surface area contributed by atoms with E-state index in [-0.39, 0.29) is 169 Å². The largest absolute Gasteiger partial charge is 0.309 e. The molecule has 4 aromatic heterocycles. The van der Waals surface area contributed by atoms with Gasteiger partial charge in [-0.25, -0.2) is 0 Å². The molecule has 0 N–H and O–H groups in total. The summed E-state index contributed by atoms with van der Waals surface area (Å²) in [5, 5.41) is 5.95. The van der Waals surface area contributed by atoms with Crippen LogP contribution in [0.25, 0.3) is 220 Å². The summed E-state index contributed by atoms with van der Waals surface area (Å²) in [6, 6.07) is 91.0. The molecule has 0 radical (unpaired) electrons. The molecule has 2 aliphatic rings. The molecule has 0 fully saturated rings. The summed E-state index contributed by atoms with van der Waals surface area (Å²) in [4.78, 5) is 0. The maximum absolute atomic E-state index is 12.2. The normalized spacial score (nSPS) is 14.4. The lowest BCUT2D eigenvalue weighted by molar-refractivity contribution is 0.589. The Morgan fingerprint density at radius 3 is 0.789 bits per heavy atom. The molecule has 19 aromatic carbocycles. The molecule has 123 heavy (non-hydrogen) atoms. The molecular weight excluding hydrogens is 1480 g/mol. The average molecular weight is 1580 g/mol. The van der Waals surface area contributed by atoms with Crippen molar-refractivity contribution in [3.63, 3.8) is 0 Å². The Kier molecular flexibility index (Phi) is 12.2. The highest BCUT2D eigenvalue weighted by Crippen LogP contribution is 2.50. The van der Waals surface area contributed by atoms with Crippen molar-refractivity contribution < 1.29 is 24.7 Å². The van der Waals surface area contributed by atoms with Gasteiger partial charge in [0.15, 0.2) is 0 Å². The van der Waals surface area contributed by atoms with Gasteiger partial charge < -0.3 is 18.3 Å². The topological polar surface area (TPSA) is 19.7 Å². The number of para-hydroxylation sites is 2. The number of fused-ring (bicyclic) bond motifs is 24. The maximum Gasteiger partial charge on any atom is 0.252 e. The molecule has 0 unspecified atom stereocenters. The summed E-state index contributed by atoms with van der Waals surface area (Å²) in [6.07, 6.45) is 0. The van der Waals surface area contributed by atoms with Gasteiger partial charge in [0.1, 0.15) is 0 Å². The van der Waals surface area contributed by atoms with E-state index in [1.807, 2.05) is 224 Å². The fourth-order valence-electron chi connectivity index (χ4n) is 19.5. The minimum atomic E-state index is -1.69. The van der Waals surface area contributed by atoms with Gasteiger partial charge >= 0.3 is 0 Å². The zero-order valence-electron chi connectivity index (χ0n) is 84.9. The van der Waals surface area contributed by atoms with E-state index in [1.165, 1.54) is 9.13 Å². The van der Waals surface area contributed by atoms with Crippen LogP contribution in [0.15, 0.2) is 424 Å². The first-order valence-electron chi connectivity index (χ1n) is 50.6. The lowest BCUT2D eigenvalue weighted by atomic mass is 9.34. The van der Waals surface area contributed by atoms with Crippen LogP contribution in [0, 0.1) is 0 Å². The van der Waals surface area contributed by atoms with E-state index in [0.29, 0.717) is 109 Å². The van der Waals surface area contributed by atoms with Gasteiger partial charge in [-0.3, -0.25) is 0 Å². The Hall–Kier alpha value is -15.6. The monoisotopic (exact) mass is 1580 g/mol. The Bertz CT molecular complexity index is 8970. The van der Waals surface area contributed by atoms with Crippen molar-refractivity contribution >= 4 is 153 Å². The molecule has 6 heterocycles. The summed E-state index contributed by atoms with van der Waals surface area (Å²) >= 11 is 0. The highest BCUT2D eigenvalue weighted by atomic mass is 15.1. The molecule has 0 bridgehead atoms. The molecule has 0 aliphatic carbocycles. The molecule has 0 amide bonds. The van der Waals surface area contributed by atoms with Crippen molar-refractivity contribution in [2.45, 2.75) is 26.2 Å². The van der Waals surface area contributed by atoms with Crippen LogP contribution in [0.4, 0.5) is 0 Å². The van der Waals surface area contributed by atoms with Gasteiger partial charge in [-0.2, -0.15) is 0 Å². The maximum atomic E-state index is 12.2. The van der Waals surface area contributed by atoms with Crippen LogP contribution >= 0.6 is 0 Å². The average Bonchev–Trinajstić information content (AvgIpc) is 1.59. The third-order valence-corrected chi connectivity index (χ3v) is 25.0. The predicted octanol–water partition coefficient (Wildman–Crippen LogP) is 29.4. The van der Waals surface area contributed by atoms with Gasteiger partial charge in [-0.15, -0.1) is 0 Å². The molecule has 574 valence electrons. The van der Waals surface area contributed by atoms with E-state index in [4.69, 9.17) is 0 Å². The minimum Gasteiger partial charge on any atom is -0.309 e. The van der Waals surface area contributed by atoms with Gasteiger partial charge in [0, 0.05) is 65.6 Å². The van der Waals surface area contributed by atoms with E-state index < -0.39 is 84.6 Å². The molecular formula is C118H79BN4. The zero-order chi connectivity index (χ0) is 97.0. The molecule has 25 rings (SSSR count). The van der Waals surface area contributed by atoms with E-state index in [2.05, 4.69) is 0 Å². The first-order chi connectivity index (χ1) is 68.3. The van der Waals surface area contributed by atoms with E-state index in [1.54, 1.807) is 121 Å². The van der Waals surface area contributed by atoms with Crippen LogP contribution in [-0.4, -0.2) is 25.0 Å². The summed E-state index contributed by atoms with van der Waals surface area (Å²) in [6.45, 7) is 4.19. The van der Waals surface area contributed by atoms with Crippen LogP contribution in [0.2, 0.25) is 0 Å². The number of rotatable bonds is 8. The third kappa shape index (κ3) is 10.8. The molecule has 0 saturated carbocycles. The van der Waals surface area contributed by atoms with Gasteiger partial charge in [0.2, 0.25) is 0 Å². The first-order valence-corrected chi connectivity index (χ1v) is 41.6. The van der Waals surface area contributed by atoms with Gasteiger partial charge in [0.25, 0.3) is 6.71 Å². The molecule has 5 heteroatoms. The first kappa shape index (κ1) is 54.5. The smallest absolute Gasteiger partial charge is 0.252 e. The van der Waals surface area contributed by atoms with E-state index >= 15 is 0 Å². The SMILES string of the molecule is [2H]c1c2c3c(c([2H])c1C(C)(C)C)-n1c4c(-c5ccccc5)cccc4c4ccccc4c4ccccc4c4c(-n5c6c([2H])c([2H])c(-c7ccccc7)c([2H])c6c6c([2H])c(-c7ccccc7)c([2H])c([2H])c65)c([2H])c([2H])c(c41)B3c1c([2H])c([2H])c(-n3c4c([2H])c([2H])c(-c5ccccc5)c([2H])c4c4c([2H])c(-c5ccccc5)c([2H])c([2H])c43)c3c4ccccc4c4ccccc4c4cccc(-c5ccccc5)c4n-2c13. The highest BCUT2D eigenvalue weighted by molar-refractivity contribution is 7.00. The molecule has 0 spiro atoms. The quantitative estimate of drug-likeness (QED) is 0.135. The molecule has 0 atom stereocenters. The Morgan fingerprint density at radius 1 is 0.211 bits per heavy atom. The zero-order valence-corrected chi connectivity index (χ0v) is 66.9. The number of aromatic nitrogens is 4. The van der Waals surface area contributed by atoms with Gasteiger partial charge in [0.05, 0.1) is 80.2 Å². The van der Waals surface area contributed by atoms with E-state index in [0.717, 1.165) is 0 Å².